The number of rotatable bonds is 11. The minimum atomic E-state index is -1.29. The third-order valence-corrected chi connectivity index (χ3v) is 6.40. The number of amides is 3. The summed E-state index contributed by atoms with van der Waals surface area (Å²) < 4.78 is 0. The van der Waals surface area contributed by atoms with Gasteiger partial charge in [0, 0.05) is 23.5 Å². The van der Waals surface area contributed by atoms with Crippen LogP contribution in [-0.4, -0.2) is 75.7 Å². The van der Waals surface area contributed by atoms with Crippen LogP contribution >= 0.6 is 0 Å². The maximum absolute atomic E-state index is 13.2. The number of carbonyl (C=O) groups is 4. The molecule has 2 heterocycles. The van der Waals surface area contributed by atoms with E-state index in [0.717, 1.165) is 22.9 Å². The number of benzene rings is 1. The zero-order valence-electron chi connectivity index (χ0n) is 20.7. The van der Waals surface area contributed by atoms with Crippen LogP contribution in [0.25, 0.3) is 10.9 Å². The monoisotopic (exact) mass is 501 g/mol. The lowest BCUT2D eigenvalue weighted by atomic mass is 10.0. The van der Waals surface area contributed by atoms with Crippen LogP contribution in [0.15, 0.2) is 30.5 Å². The molecule has 7 N–H and O–H groups in total. The van der Waals surface area contributed by atoms with E-state index in [1.165, 1.54) is 6.92 Å². The second kappa shape index (κ2) is 12.0. The summed E-state index contributed by atoms with van der Waals surface area (Å²) in [6, 6.07) is 3.42. The highest BCUT2D eigenvalue weighted by molar-refractivity contribution is 5.95. The molecule has 196 valence electrons. The molecule has 1 aromatic carbocycles. The molecule has 1 aliphatic heterocycles. The first-order valence-electron chi connectivity index (χ1n) is 12.2. The van der Waals surface area contributed by atoms with E-state index in [1.807, 2.05) is 24.3 Å². The van der Waals surface area contributed by atoms with Crippen molar-refractivity contribution in [2.24, 2.45) is 5.92 Å². The van der Waals surface area contributed by atoms with Crippen molar-refractivity contribution >= 4 is 34.6 Å². The molecule has 5 unspecified atom stereocenters. The summed E-state index contributed by atoms with van der Waals surface area (Å²) in [6.45, 7) is 5.41. The average Bonchev–Trinajstić information content (AvgIpc) is 3.50. The van der Waals surface area contributed by atoms with E-state index in [4.69, 9.17) is 0 Å². The summed E-state index contributed by atoms with van der Waals surface area (Å²) in [5, 5.41) is 31.4. The molecule has 0 saturated carbocycles. The number of carboxylic acid groups (broad SMARTS) is 1. The molecule has 1 aromatic heterocycles. The minimum absolute atomic E-state index is 0.0661. The van der Waals surface area contributed by atoms with Crippen molar-refractivity contribution in [3.05, 3.63) is 36.0 Å². The van der Waals surface area contributed by atoms with Crippen LogP contribution in [0.1, 0.15) is 39.2 Å². The number of aliphatic hydroxyl groups excluding tert-OH is 1. The summed E-state index contributed by atoms with van der Waals surface area (Å²) in [4.78, 5) is 53.8. The molecule has 0 radical (unpaired) electrons. The van der Waals surface area contributed by atoms with Gasteiger partial charge in [0.05, 0.1) is 12.1 Å². The van der Waals surface area contributed by atoms with Crippen LogP contribution in [0, 0.1) is 5.92 Å². The number of H-pyrrole nitrogens is 1. The predicted molar refractivity (Wildman–Crippen MR) is 133 cm³/mol. The van der Waals surface area contributed by atoms with E-state index in [9.17, 15) is 29.4 Å². The number of aromatic amines is 1. The van der Waals surface area contributed by atoms with Crippen LogP contribution in [0.2, 0.25) is 0 Å². The van der Waals surface area contributed by atoms with Crippen LogP contribution < -0.4 is 21.3 Å². The third-order valence-electron chi connectivity index (χ3n) is 6.40. The van der Waals surface area contributed by atoms with Gasteiger partial charge in [0.25, 0.3) is 0 Å². The molecule has 0 spiro atoms. The lowest BCUT2D eigenvalue weighted by molar-refractivity contribution is -0.143. The van der Waals surface area contributed by atoms with E-state index in [2.05, 4.69) is 26.3 Å². The summed E-state index contributed by atoms with van der Waals surface area (Å²) in [5.74, 6) is -3.40. The van der Waals surface area contributed by atoms with Crippen molar-refractivity contribution in [1.29, 1.82) is 0 Å². The highest BCUT2D eigenvalue weighted by Crippen LogP contribution is 2.19. The molecule has 0 bridgehead atoms. The largest absolute Gasteiger partial charge is 0.480 e. The van der Waals surface area contributed by atoms with Gasteiger partial charge in [-0.1, -0.05) is 32.0 Å². The first-order valence-corrected chi connectivity index (χ1v) is 12.2. The number of para-hydroxylation sites is 1. The molecular weight excluding hydrogens is 466 g/mol. The van der Waals surface area contributed by atoms with Gasteiger partial charge in [-0.05, 0) is 43.9 Å². The lowest BCUT2D eigenvalue weighted by Gasteiger charge is -2.27. The quantitative estimate of drug-likeness (QED) is 0.228. The second-order valence-corrected chi connectivity index (χ2v) is 9.57. The fourth-order valence-corrected chi connectivity index (χ4v) is 4.33. The fourth-order valence-electron chi connectivity index (χ4n) is 4.33. The topological polar surface area (TPSA) is 173 Å². The van der Waals surface area contributed by atoms with Gasteiger partial charge in [-0.15, -0.1) is 0 Å². The normalized spacial score (nSPS) is 18.9. The molecule has 3 amide bonds. The van der Waals surface area contributed by atoms with Gasteiger partial charge < -0.3 is 36.5 Å². The molecule has 11 heteroatoms. The number of hydrogen-bond acceptors (Lipinski definition) is 6. The van der Waals surface area contributed by atoms with Gasteiger partial charge in [0.15, 0.2) is 0 Å². The zero-order chi connectivity index (χ0) is 26.4. The van der Waals surface area contributed by atoms with Gasteiger partial charge in [-0.2, -0.15) is 0 Å². The van der Waals surface area contributed by atoms with Crippen LogP contribution in [0.4, 0.5) is 0 Å². The number of aliphatic hydroxyl groups is 1. The number of carboxylic acids is 1. The van der Waals surface area contributed by atoms with Crippen molar-refractivity contribution in [2.45, 2.75) is 70.3 Å². The number of aromatic nitrogens is 1. The molecule has 1 fully saturated rings. The van der Waals surface area contributed by atoms with Crippen molar-refractivity contribution in [3.63, 3.8) is 0 Å². The first-order chi connectivity index (χ1) is 17.1. The van der Waals surface area contributed by atoms with E-state index in [0.29, 0.717) is 13.0 Å². The molecule has 1 saturated heterocycles. The Balaban J connectivity index is 1.82. The fraction of sp³-hybridized carbons (Fsp3) is 0.520. The Labute approximate surface area is 209 Å². The number of fused-ring (bicyclic) bond motifs is 1. The van der Waals surface area contributed by atoms with Gasteiger partial charge in [0.2, 0.25) is 17.7 Å². The molecule has 2 aromatic rings. The minimum Gasteiger partial charge on any atom is -0.480 e. The molecule has 1 aliphatic rings. The van der Waals surface area contributed by atoms with E-state index >= 15 is 0 Å². The molecular formula is C25H35N5O6. The van der Waals surface area contributed by atoms with Crippen LogP contribution in [0.3, 0.4) is 0 Å². The van der Waals surface area contributed by atoms with Gasteiger partial charge in [-0.25, -0.2) is 4.79 Å². The van der Waals surface area contributed by atoms with Crippen molar-refractivity contribution in [2.75, 3.05) is 6.54 Å². The first kappa shape index (κ1) is 27.2. The maximum atomic E-state index is 13.2. The smallest absolute Gasteiger partial charge is 0.326 e. The number of hydrogen-bond donors (Lipinski definition) is 7. The van der Waals surface area contributed by atoms with Crippen molar-refractivity contribution < 1.29 is 29.4 Å². The van der Waals surface area contributed by atoms with E-state index in [-0.39, 0.29) is 12.3 Å². The standard InChI is InChI=1S/C25H35N5O6/c1-13(2)20(25(35)36)29-23(33)19(11-15-12-27-17-8-5-4-7-16(15)17)28-24(34)21(14(3)31)30-22(32)18-9-6-10-26-18/h4-5,7-8,12-14,18-21,26-27,31H,6,9-11H2,1-3H3,(H,28,34)(H,29,33)(H,30,32)(H,35,36). The molecule has 3 rings (SSSR count). The van der Waals surface area contributed by atoms with E-state index < -0.39 is 54.0 Å². The van der Waals surface area contributed by atoms with Gasteiger partial charge in [0.1, 0.15) is 18.1 Å². The Hall–Kier alpha value is -3.44. The summed E-state index contributed by atoms with van der Waals surface area (Å²) in [6.07, 6.45) is 2.02. The highest BCUT2D eigenvalue weighted by atomic mass is 16.4. The third kappa shape index (κ3) is 6.61. The summed E-state index contributed by atoms with van der Waals surface area (Å²) in [5.41, 5.74) is 1.59. The molecule has 36 heavy (non-hydrogen) atoms. The van der Waals surface area contributed by atoms with Gasteiger partial charge in [-0.3, -0.25) is 14.4 Å². The van der Waals surface area contributed by atoms with Crippen LogP contribution in [-0.2, 0) is 25.6 Å². The Morgan fingerprint density at radius 2 is 1.75 bits per heavy atom. The predicted octanol–water partition coefficient (Wildman–Crippen LogP) is 0.0382. The van der Waals surface area contributed by atoms with Crippen molar-refractivity contribution in [1.82, 2.24) is 26.3 Å². The second-order valence-electron chi connectivity index (χ2n) is 9.57. The Morgan fingerprint density at radius 3 is 2.36 bits per heavy atom. The Morgan fingerprint density at radius 1 is 1.03 bits per heavy atom. The lowest BCUT2D eigenvalue weighted by Crippen LogP contribution is -2.60. The van der Waals surface area contributed by atoms with E-state index in [1.54, 1.807) is 20.0 Å². The number of nitrogens with one attached hydrogen (secondary N) is 5. The summed E-state index contributed by atoms with van der Waals surface area (Å²) in [7, 11) is 0. The molecule has 5 atom stereocenters. The Bertz CT molecular complexity index is 1090. The average molecular weight is 502 g/mol. The van der Waals surface area contributed by atoms with Crippen molar-refractivity contribution in [3.8, 4) is 0 Å². The zero-order valence-corrected chi connectivity index (χ0v) is 20.7. The molecule has 11 nitrogen and oxygen atoms in total. The number of carbonyl (C=O) groups excluding carboxylic acids is 3. The number of aliphatic carboxylic acids is 1. The molecule has 0 aliphatic carbocycles. The Kier molecular flexibility index (Phi) is 9.05. The summed E-state index contributed by atoms with van der Waals surface area (Å²) >= 11 is 0. The van der Waals surface area contributed by atoms with Gasteiger partial charge >= 0.3 is 5.97 Å². The highest BCUT2D eigenvalue weighted by Gasteiger charge is 2.34. The van der Waals surface area contributed by atoms with Crippen LogP contribution in [0.5, 0.6) is 0 Å². The SMILES string of the molecule is CC(C)C(NC(=O)C(Cc1c[nH]c2ccccc12)NC(=O)C(NC(=O)C1CCCN1)C(C)O)C(=O)O. The maximum Gasteiger partial charge on any atom is 0.326 e.